The Morgan fingerprint density at radius 2 is 1.50 bits per heavy atom. The average molecular weight is 380 g/mol. The maximum absolute atomic E-state index is 12.9. The van der Waals surface area contributed by atoms with Crippen LogP contribution in [-0.2, 0) is 11.3 Å². The fourth-order valence-corrected chi connectivity index (χ4v) is 3.88. The van der Waals surface area contributed by atoms with Crippen LogP contribution in [0.1, 0.15) is 21.5 Å². The first-order valence-corrected chi connectivity index (χ1v) is 10.2. The van der Waals surface area contributed by atoms with Crippen molar-refractivity contribution in [3.63, 3.8) is 0 Å². The lowest BCUT2D eigenvalue weighted by Gasteiger charge is -2.36. The van der Waals surface area contributed by atoms with Crippen molar-refractivity contribution >= 4 is 11.6 Å². The van der Waals surface area contributed by atoms with E-state index in [2.05, 4.69) is 53.1 Å². The van der Waals surface area contributed by atoms with Crippen molar-refractivity contribution in [1.82, 2.24) is 9.80 Å². The number of rotatable bonds is 4. The van der Waals surface area contributed by atoms with Crippen LogP contribution in [0.5, 0.6) is 0 Å². The molecule has 2 heterocycles. The van der Waals surface area contributed by atoms with E-state index in [1.807, 2.05) is 17.0 Å². The van der Waals surface area contributed by atoms with Crippen LogP contribution in [0.15, 0.2) is 48.5 Å². The lowest BCUT2D eigenvalue weighted by atomic mass is 10.1. The van der Waals surface area contributed by atoms with E-state index in [1.165, 1.54) is 16.8 Å². The second-order valence-electron chi connectivity index (χ2n) is 7.70. The molecule has 0 saturated carbocycles. The molecule has 2 fully saturated rings. The molecule has 1 amide bonds. The molecule has 0 aromatic heterocycles. The quantitative estimate of drug-likeness (QED) is 0.819. The molecule has 0 unspecified atom stereocenters. The highest BCUT2D eigenvalue weighted by Crippen LogP contribution is 2.18. The summed E-state index contributed by atoms with van der Waals surface area (Å²) in [5.74, 6) is 0.140. The van der Waals surface area contributed by atoms with Gasteiger partial charge in [0.25, 0.3) is 5.91 Å². The first kappa shape index (κ1) is 19.0. The van der Waals surface area contributed by atoms with Gasteiger partial charge in [0.15, 0.2) is 0 Å². The molecule has 0 bridgehead atoms. The summed E-state index contributed by atoms with van der Waals surface area (Å²) in [5.41, 5.74) is 4.55. The molecule has 5 heteroatoms. The zero-order chi connectivity index (χ0) is 19.3. The number of nitrogens with zero attached hydrogens (tertiary/aromatic N) is 3. The number of benzene rings is 2. The highest BCUT2D eigenvalue weighted by molar-refractivity contribution is 5.94. The highest BCUT2D eigenvalue weighted by Gasteiger charge is 2.22. The fourth-order valence-electron chi connectivity index (χ4n) is 3.88. The molecule has 5 nitrogen and oxygen atoms in total. The average Bonchev–Trinajstić information content (AvgIpc) is 2.75. The Kier molecular flexibility index (Phi) is 5.93. The van der Waals surface area contributed by atoms with Crippen molar-refractivity contribution in [3.05, 3.63) is 65.2 Å². The van der Waals surface area contributed by atoms with E-state index in [-0.39, 0.29) is 5.91 Å². The number of piperazine rings is 1. The fraction of sp³-hybridized carbons (Fsp3) is 0.435. The molecule has 0 radical (unpaired) electrons. The zero-order valence-corrected chi connectivity index (χ0v) is 16.6. The van der Waals surface area contributed by atoms with Crippen molar-refractivity contribution in [2.45, 2.75) is 13.5 Å². The van der Waals surface area contributed by atoms with Crippen molar-refractivity contribution in [2.24, 2.45) is 0 Å². The Hall–Kier alpha value is -2.37. The third-order valence-corrected chi connectivity index (χ3v) is 5.68. The van der Waals surface area contributed by atoms with Crippen molar-refractivity contribution < 1.29 is 9.53 Å². The second-order valence-corrected chi connectivity index (χ2v) is 7.70. The Morgan fingerprint density at radius 3 is 2.14 bits per heavy atom. The van der Waals surface area contributed by atoms with Gasteiger partial charge in [0.1, 0.15) is 0 Å². The second kappa shape index (κ2) is 8.76. The van der Waals surface area contributed by atoms with Crippen LogP contribution in [0.2, 0.25) is 0 Å². The number of ether oxygens (including phenoxy) is 1. The van der Waals surface area contributed by atoms with E-state index in [1.54, 1.807) is 0 Å². The monoisotopic (exact) mass is 379 g/mol. The van der Waals surface area contributed by atoms with Crippen LogP contribution in [0, 0.1) is 6.92 Å². The Balaban J connectivity index is 1.31. The molecule has 0 spiro atoms. The van der Waals surface area contributed by atoms with Crippen LogP contribution in [0.25, 0.3) is 0 Å². The van der Waals surface area contributed by atoms with Gasteiger partial charge < -0.3 is 14.5 Å². The Bertz CT molecular complexity index is 774. The lowest BCUT2D eigenvalue weighted by molar-refractivity contribution is 0.0342. The lowest BCUT2D eigenvalue weighted by Crippen LogP contribution is -2.48. The van der Waals surface area contributed by atoms with Gasteiger partial charge in [0, 0.05) is 57.1 Å². The number of anilines is 1. The summed E-state index contributed by atoms with van der Waals surface area (Å²) in [6.45, 7) is 9.89. The smallest absolute Gasteiger partial charge is 0.253 e. The molecule has 2 aliphatic rings. The van der Waals surface area contributed by atoms with Crippen LogP contribution < -0.4 is 4.90 Å². The van der Waals surface area contributed by atoms with Gasteiger partial charge in [-0.15, -0.1) is 0 Å². The minimum atomic E-state index is 0.140. The molecule has 2 saturated heterocycles. The summed E-state index contributed by atoms with van der Waals surface area (Å²) >= 11 is 0. The van der Waals surface area contributed by atoms with Gasteiger partial charge in [0.05, 0.1) is 13.2 Å². The van der Waals surface area contributed by atoms with Crippen molar-refractivity contribution in [2.75, 3.05) is 57.4 Å². The SMILES string of the molecule is Cc1ccc(N2CCN(C(=O)c3ccc(CN4CCOCC4)cc3)CC2)cc1. The van der Waals surface area contributed by atoms with E-state index in [4.69, 9.17) is 4.74 Å². The van der Waals surface area contributed by atoms with Gasteiger partial charge in [-0.3, -0.25) is 9.69 Å². The molecular formula is C23H29N3O2. The maximum Gasteiger partial charge on any atom is 0.253 e. The standard InChI is InChI=1S/C23H29N3O2/c1-19-2-8-22(9-3-19)25-10-12-26(13-11-25)23(27)21-6-4-20(5-7-21)18-24-14-16-28-17-15-24/h2-9H,10-18H2,1H3. The normalized spacial score (nSPS) is 18.3. The van der Waals surface area contributed by atoms with E-state index in [0.29, 0.717) is 0 Å². The summed E-state index contributed by atoms with van der Waals surface area (Å²) in [5, 5.41) is 0. The molecule has 0 atom stereocenters. The number of morpholine rings is 1. The van der Waals surface area contributed by atoms with Gasteiger partial charge in [-0.25, -0.2) is 0 Å². The topological polar surface area (TPSA) is 36.0 Å². The molecule has 4 rings (SSSR count). The maximum atomic E-state index is 12.9. The highest BCUT2D eigenvalue weighted by atomic mass is 16.5. The molecule has 148 valence electrons. The van der Waals surface area contributed by atoms with E-state index in [0.717, 1.165) is 64.6 Å². The molecule has 2 aliphatic heterocycles. The van der Waals surface area contributed by atoms with Crippen molar-refractivity contribution in [1.29, 1.82) is 0 Å². The van der Waals surface area contributed by atoms with Gasteiger partial charge in [0.2, 0.25) is 0 Å². The first-order chi connectivity index (χ1) is 13.7. The van der Waals surface area contributed by atoms with Gasteiger partial charge >= 0.3 is 0 Å². The summed E-state index contributed by atoms with van der Waals surface area (Å²) in [6.07, 6.45) is 0. The van der Waals surface area contributed by atoms with E-state index in [9.17, 15) is 4.79 Å². The van der Waals surface area contributed by atoms with Gasteiger partial charge in [-0.1, -0.05) is 29.8 Å². The summed E-state index contributed by atoms with van der Waals surface area (Å²) in [6, 6.07) is 16.8. The van der Waals surface area contributed by atoms with Crippen LogP contribution in [0.3, 0.4) is 0 Å². The molecule has 28 heavy (non-hydrogen) atoms. The number of amides is 1. The molecule has 2 aromatic rings. The van der Waals surface area contributed by atoms with Gasteiger partial charge in [-0.2, -0.15) is 0 Å². The Morgan fingerprint density at radius 1 is 0.857 bits per heavy atom. The number of hydrogen-bond donors (Lipinski definition) is 0. The van der Waals surface area contributed by atoms with Crippen molar-refractivity contribution in [3.8, 4) is 0 Å². The van der Waals surface area contributed by atoms with Crippen LogP contribution in [0.4, 0.5) is 5.69 Å². The minimum absolute atomic E-state index is 0.140. The number of aryl methyl sites for hydroxylation is 1. The number of carbonyl (C=O) groups excluding carboxylic acids is 1. The van der Waals surface area contributed by atoms with Crippen LogP contribution >= 0.6 is 0 Å². The summed E-state index contributed by atoms with van der Waals surface area (Å²) in [7, 11) is 0. The van der Waals surface area contributed by atoms with E-state index < -0.39 is 0 Å². The molecule has 0 aliphatic carbocycles. The minimum Gasteiger partial charge on any atom is -0.379 e. The largest absolute Gasteiger partial charge is 0.379 e. The number of carbonyl (C=O) groups is 1. The molecule has 2 aromatic carbocycles. The summed E-state index contributed by atoms with van der Waals surface area (Å²) < 4.78 is 5.40. The first-order valence-electron chi connectivity index (χ1n) is 10.2. The predicted octanol–water partition coefficient (Wildman–Crippen LogP) is 2.79. The van der Waals surface area contributed by atoms with E-state index >= 15 is 0 Å². The molecule has 0 N–H and O–H groups in total. The van der Waals surface area contributed by atoms with Crippen LogP contribution in [-0.4, -0.2) is 68.2 Å². The third-order valence-electron chi connectivity index (χ3n) is 5.68. The predicted molar refractivity (Wildman–Crippen MR) is 112 cm³/mol. The molecular weight excluding hydrogens is 350 g/mol. The number of hydrogen-bond acceptors (Lipinski definition) is 4. The third kappa shape index (κ3) is 4.54. The Labute approximate surface area is 167 Å². The zero-order valence-electron chi connectivity index (χ0n) is 16.6. The summed E-state index contributed by atoms with van der Waals surface area (Å²) in [4.78, 5) is 19.6. The van der Waals surface area contributed by atoms with Gasteiger partial charge in [-0.05, 0) is 36.8 Å².